The van der Waals surface area contributed by atoms with Crippen molar-refractivity contribution in [1.82, 2.24) is 0 Å². The highest BCUT2D eigenvalue weighted by Crippen LogP contribution is 2.35. The quantitative estimate of drug-likeness (QED) is 0.732. The molecule has 0 amide bonds. The minimum absolute atomic E-state index is 0.197. The van der Waals surface area contributed by atoms with Crippen molar-refractivity contribution in [1.29, 1.82) is 0 Å². The van der Waals surface area contributed by atoms with Gasteiger partial charge in [0.2, 0.25) is 0 Å². The van der Waals surface area contributed by atoms with Crippen molar-refractivity contribution >= 4 is 21.8 Å². The van der Waals surface area contributed by atoms with E-state index in [1.54, 1.807) is 0 Å². The van der Waals surface area contributed by atoms with Crippen molar-refractivity contribution in [3.8, 4) is 5.75 Å². The number of rotatable bonds is 0. The maximum Gasteiger partial charge on any atom is 0.180 e. The van der Waals surface area contributed by atoms with Crippen molar-refractivity contribution < 1.29 is 9.47 Å². The molecule has 2 aliphatic heterocycles. The molecular weight excluding hydrogens is 270 g/mol. The fraction of sp³-hybridized carbons (Fsp3) is 0.417. The molecule has 16 heavy (non-hydrogen) atoms. The summed E-state index contributed by atoms with van der Waals surface area (Å²) in [4.78, 5) is 4.56. The molecule has 0 fully saturated rings. The molecule has 1 aromatic carbocycles. The molecule has 1 spiro atoms. The largest absolute Gasteiger partial charge is 0.491 e. The van der Waals surface area contributed by atoms with E-state index < -0.39 is 0 Å². The number of benzene rings is 1. The van der Waals surface area contributed by atoms with Crippen LogP contribution in [0.4, 0.5) is 0 Å². The van der Waals surface area contributed by atoms with Gasteiger partial charge in [-0.05, 0) is 23.8 Å². The summed E-state index contributed by atoms with van der Waals surface area (Å²) >= 11 is 3.48. The lowest BCUT2D eigenvalue weighted by Gasteiger charge is -2.30. The predicted octanol–water partition coefficient (Wildman–Crippen LogP) is 2.57. The van der Waals surface area contributed by atoms with Gasteiger partial charge in [0.1, 0.15) is 24.5 Å². The average molecular weight is 282 g/mol. The molecule has 3 rings (SSSR count). The Kier molecular flexibility index (Phi) is 2.21. The van der Waals surface area contributed by atoms with Crippen LogP contribution in [0, 0.1) is 0 Å². The smallest absolute Gasteiger partial charge is 0.180 e. The number of aliphatic imine (C=N–C) groups is 1. The van der Waals surface area contributed by atoms with Crippen molar-refractivity contribution in [2.75, 3.05) is 13.2 Å². The lowest BCUT2D eigenvalue weighted by Crippen LogP contribution is -2.41. The Hall–Kier alpha value is -1.03. The van der Waals surface area contributed by atoms with Crippen LogP contribution in [0.15, 0.2) is 27.7 Å². The molecule has 0 saturated carbocycles. The second kappa shape index (κ2) is 3.48. The van der Waals surface area contributed by atoms with Crippen molar-refractivity contribution in [3.05, 3.63) is 28.2 Å². The van der Waals surface area contributed by atoms with Gasteiger partial charge in [-0.15, -0.1) is 0 Å². The van der Waals surface area contributed by atoms with Gasteiger partial charge in [0, 0.05) is 17.8 Å². The van der Waals surface area contributed by atoms with Gasteiger partial charge in [-0.25, -0.2) is 4.99 Å². The molecule has 0 N–H and O–H groups in total. The lowest BCUT2D eigenvalue weighted by molar-refractivity contribution is 0.153. The Balaban J connectivity index is 1.97. The van der Waals surface area contributed by atoms with Gasteiger partial charge in [0.25, 0.3) is 0 Å². The van der Waals surface area contributed by atoms with Crippen LogP contribution < -0.4 is 4.74 Å². The van der Waals surface area contributed by atoms with E-state index in [2.05, 4.69) is 27.0 Å². The van der Waals surface area contributed by atoms with E-state index in [0.29, 0.717) is 13.2 Å². The highest BCUT2D eigenvalue weighted by atomic mass is 79.9. The molecule has 2 aliphatic rings. The van der Waals surface area contributed by atoms with E-state index in [-0.39, 0.29) is 5.54 Å². The van der Waals surface area contributed by atoms with Crippen LogP contribution in [-0.2, 0) is 11.2 Å². The molecular formula is C12H12BrNO2. The number of halogens is 1. The van der Waals surface area contributed by atoms with Crippen LogP contribution in [0.1, 0.15) is 12.5 Å². The van der Waals surface area contributed by atoms with Crippen LogP contribution in [0.2, 0.25) is 0 Å². The first-order chi connectivity index (χ1) is 7.67. The van der Waals surface area contributed by atoms with Crippen LogP contribution >= 0.6 is 15.9 Å². The van der Waals surface area contributed by atoms with Crippen LogP contribution in [0.5, 0.6) is 5.75 Å². The van der Waals surface area contributed by atoms with Gasteiger partial charge in [0.15, 0.2) is 5.90 Å². The zero-order valence-electron chi connectivity index (χ0n) is 9.00. The summed E-state index contributed by atoms with van der Waals surface area (Å²) in [5.74, 6) is 1.73. The molecule has 2 heterocycles. The molecule has 0 aliphatic carbocycles. The molecule has 0 bridgehead atoms. The first-order valence-electron chi connectivity index (χ1n) is 5.27. The molecule has 1 atom stereocenters. The van der Waals surface area contributed by atoms with E-state index in [1.807, 2.05) is 19.1 Å². The second-order valence-corrected chi connectivity index (χ2v) is 5.28. The molecule has 4 heteroatoms. The Bertz CT molecular complexity index is 472. The van der Waals surface area contributed by atoms with Gasteiger partial charge in [-0.1, -0.05) is 15.9 Å². The number of ether oxygens (including phenoxy) is 2. The summed E-state index contributed by atoms with van der Waals surface area (Å²) in [6.07, 6.45) is 0.888. The number of hydrogen-bond donors (Lipinski definition) is 0. The van der Waals surface area contributed by atoms with E-state index in [1.165, 1.54) is 5.56 Å². The third-order valence-electron chi connectivity index (χ3n) is 2.98. The predicted molar refractivity (Wildman–Crippen MR) is 65.1 cm³/mol. The Morgan fingerprint density at radius 1 is 1.31 bits per heavy atom. The standard InChI is InChI=1S/C12H12BrNO2/c1-8-14-12(6-15-8)5-9-4-10(13)2-3-11(9)16-7-12/h2-4H,5-7H2,1H3. The van der Waals surface area contributed by atoms with Crippen molar-refractivity contribution in [2.45, 2.75) is 18.9 Å². The summed E-state index contributed by atoms with van der Waals surface area (Å²) in [6, 6.07) is 6.09. The van der Waals surface area contributed by atoms with Gasteiger partial charge < -0.3 is 9.47 Å². The highest BCUT2D eigenvalue weighted by molar-refractivity contribution is 9.10. The number of nitrogens with zero attached hydrogens (tertiary/aromatic N) is 1. The van der Waals surface area contributed by atoms with Crippen molar-refractivity contribution in [2.24, 2.45) is 4.99 Å². The summed E-state index contributed by atoms with van der Waals surface area (Å²) in [7, 11) is 0. The normalized spacial score (nSPS) is 27.0. The minimum atomic E-state index is -0.197. The SMILES string of the molecule is CC1=NC2(CO1)COc1ccc(Br)cc1C2. The molecule has 3 nitrogen and oxygen atoms in total. The fourth-order valence-electron chi connectivity index (χ4n) is 2.25. The summed E-state index contributed by atoms with van der Waals surface area (Å²) < 4.78 is 12.3. The Labute approximate surface area is 103 Å². The van der Waals surface area contributed by atoms with Gasteiger partial charge in [-0.2, -0.15) is 0 Å². The molecule has 0 radical (unpaired) electrons. The van der Waals surface area contributed by atoms with Gasteiger partial charge in [-0.3, -0.25) is 0 Å². The maximum absolute atomic E-state index is 5.76. The van der Waals surface area contributed by atoms with Gasteiger partial charge in [0.05, 0.1) is 0 Å². The average Bonchev–Trinajstić information content (AvgIpc) is 2.59. The summed E-state index contributed by atoms with van der Waals surface area (Å²) in [6.45, 7) is 3.13. The Morgan fingerprint density at radius 3 is 2.88 bits per heavy atom. The zero-order chi connectivity index (χ0) is 11.2. The number of fused-ring (bicyclic) bond motifs is 1. The molecule has 1 aromatic rings. The minimum Gasteiger partial charge on any atom is -0.491 e. The summed E-state index contributed by atoms with van der Waals surface area (Å²) in [5, 5.41) is 0. The van der Waals surface area contributed by atoms with Gasteiger partial charge >= 0.3 is 0 Å². The van der Waals surface area contributed by atoms with Crippen LogP contribution in [0.3, 0.4) is 0 Å². The second-order valence-electron chi connectivity index (χ2n) is 4.36. The molecule has 84 valence electrons. The first-order valence-corrected chi connectivity index (χ1v) is 6.07. The summed E-state index contributed by atoms with van der Waals surface area (Å²) in [5.41, 5.74) is 1.00. The fourth-order valence-corrected chi connectivity index (χ4v) is 2.65. The molecule has 1 unspecified atom stereocenters. The van der Waals surface area contributed by atoms with Crippen molar-refractivity contribution in [3.63, 3.8) is 0 Å². The zero-order valence-corrected chi connectivity index (χ0v) is 10.6. The molecule has 0 saturated heterocycles. The van der Waals surface area contributed by atoms with Crippen LogP contribution in [-0.4, -0.2) is 24.7 Å². The van der Waals surface area contributed by atoms with E-state index in [9.17, 15) is 0 Å². The third-order valence-corrected chi connectivity index (χ3v) is 3.48. The maximum atomic E-state index is 5.76. The van der Waals surface area contributed by atoms with E-state index in [0.717, 1.165) is 22.5 Å². The topological polar surface area (TPSA) is 30.8 Å². The van der Waals surface area contributed by atoms with E-state index >= 15 is 0 Å². The Morgan fingerprint density at radius 2 is 2.12 bits per heavy atom. The highest BCUT2D eigenvalue weighted by Gasteiger charge is 2.40. The monoisotopic (exact) mass is 281 g/mol. The van der Waals surface area contributed by atoms with Crippen LogP contribution in [0.25, 0.3) is 0 Å². The van der Waals surface area contributed by atoms with E-state index in [4.69, 9.17) is 9.47 Å². The molecule has 0 aromatic heterocycles. The third kappa shape index (κ3) is 1.61. The lowest BCUT2D eigenvalue weighted by atomic mass is 9.91. The first kappa shape index (κ1) is 10.1. The number of hydrogen-bond acceptors (Lipinski definition) is 3.